The van der Waals surface area contributed by atoms with Gasteiger partial charge in [-0.15, -0.1) is 0 Å². The molecule has 0 spiro atoms. The molecular formula is C19H20N2O. The second-order valence-electron chi connectivity index (χ2n) is 6.43. The number of amides is 1. The van der Waals surface area contributed by atoms with Crippen LogP contribution in [-0.4, -0.2) is 37.5 Å². The molecule has 3 heteroatoms. The number of fused-ring (bicyclic) bond motifs is 3. The first-order valence-corrected chi connectivity index (χ1v) is 7.89. The third-order valence-electron chi connectivity index (χ3n) is 4.96. The summed E-state index contributed by atoms with van der Waals surface area (Å²) in [5, 5.41) is 3.14. The van der Waals surface area contributed by atoms with Gasteiger partial charge in [0.25, 0.3) is 5.91 Å². The Labute approximate surface area is 131 Å². The first-order chi connectivity index (χ1) is 10.7. The van der Waals surface area contributed by atoms with Gasteiger partial charge in [-0.3, -0.25) is 4.79 Å². The highest BCUT2D eigenvalue weighted by molar-refractivity contribution is 6.03. The van der Waals surface area contributed by atoms with Gasteiger partial charge in [-0.25, -0.2) is 0 Å². The SMILES string of the molecule is CN1C[C@@H]2CNC(=O)c3c(-c4ccccc4)cccc3[C@H]2C1. The maximum atomic E-state index is 12.7. The molecule has 1 saturated heterocycles. The molecule has 2 aromatic carbocycles. The summed E-state index contributed by atoms with van der Waals surface area (Å²) in [6.07, 6.45) is 0. The summed E-state index contributed by atoms with van der Waals surface area (Å²) in [6, 6.07) is 16.5. The molecular weight excluding hydrogens is 272 g/mol. The molecule has 0 unspecified atom stereocenters. The van der Waals surface area contributed by atoms with Crippen molar-refractivity contribution in [3.8, 4) is 11.1 Å². The Morgan fingerprint density at radius 3 is 2.68 bits per heavy atom. The van der Waals surface area contributed by atoms with E-state index in [-0.39, 0.29) is 5.91 Å². The topological polar surface area (TPSA) is 32.3 Å². The number of benzene rings is 2. The van der Waals surface area contributed by atoms with Crippen LogP contribution in [0.1, 0.15) is 21.8 Å². The predicted octanol–water partition coefficient (Wildman–Crippen LogP) is 2.74. The van der Waals surface area contributed by atoms with Crippen LogP contribution >= 0.6 is 0 Å². The number of nitrogens with zero attached hydrogens (tertiary/aromatic N) is 1. The highest BCUT2D eigenvalue weighted by atomic mass is 16.1. The molecule has 2 atom stereocenters. The second-order valence-corrected chi connectivity index (χ2v) is 6.43. The van der Waals surface area contributed by atoms with Crippen molar-refractivity contribution in [3.05, 3.63) is 59.7 Å². The second kappa shape index (κ2) is 5.25. The molecule has 0 saturated carbocycles. The fourth-order valence-corrected chi connectivity index (χ4v) is 3.95. The fourth-order valence-electron chi connectivity index (χ4n) is 3.95. The van der Waals surface area contributed by atoms with Crippen molar-refractivity contribution in [2.45, 2.75) is 5.92 Å². The van der Waals surface area contributed by atoms with Gasteiger partial charge in [0.05, 0.1) is 5.56 Å². The van der Waals surface area contributed by atoms with Crippen LogP contribution in [0.4, 0.5) is 0 Å². The van der Waals surface area contributed by atoms with Crippen LogP contribution in [0.3, 0.4) is 0 Å². The number of likely N-dealkylation sites (tertiary alicyclic amines) is 1. The normalized spacial score (nSPS) is 24.3. The Kier molecular flexibility index (Phi) is 3.23. The molecule has 0 bridgehead atoms. The van der Waals surface area contributed by atoms with Crippen molar-refractivity contribution in [1.29, 1.82) is 0 Å². The van der Waals surface area contributed by atoms with E-state index in [2.05, 4.69) is 47.6 Å². The van der Waals surface area contributed by atoms with Crippen molar-refractivity contribution >= 4 is 5.91 Å². The Morgan fingerprint density at radius 1 is 1.05 bits per heavy atom. The van der Waals surface area contributed by atoms with Gasteiger partial charge in [-0.1, -0.05) is 48.5 Å². The van der Waals surface area contributed by atoms with Crippen molar-refractivity contribution in [3.63, 3.8) is 0 Å². The number of nitrogens with one attached hydrogen (secondary N) is 1. The third kappa shape index (κ3) is 2.13. The Bertz CT molecular complexity index is 711. The minimum Gasteiger partial charge on any atom is -0.352 e. The summed E-state index contributed by atoms with van der Waals surface area (Å²) in [7, 11) is 2.16. The molecule has 1 fully saturated rings. The van der Waals surface area contributed by atoms with Crippen LogP contribution < -0.4 is 5.32 Å². The monoisotopic (exact) mass is 292 g/mol. The van der Waals surface area contributed by atoms with E-state index in [0.717, 1.165) is 36.3 Å². The lowest BCUT2D eigenvalue weighted by Gasteiger charge is -2.18. The van der Waals surface area contributed by atoms with Crippen LogP contribution in [0.25, 0.3) is 11.1 Å². The number of rotatable bonds is 1. The standard InChI is InChI=1S/C19H20N2O/c1-21-11-14-10-20-19(22)18-15(13-6-3-2-4-7-13)8-5-9-16(18)17(14)12-21/h2-9,14,17H,10-12H2,1H3,(H,20,22)/t14-,17-/m0/s1. The summed E-state index contributed by atoms with van der Waals surface area (Å²) < 4.78 is 0. The lowest BCUT2D eigenvalue weighted by molar-refractivity contribution is 0.0952. The first-order valence-electron chi connectivity index (χ1n) is 7.89. The number of likely N-dealkylation sites (N-methyl/N-ethyl adjacent to an activating group) is 1. The molecule has 0 aliphatic carbocycles. The lowest BCUT2D eigenvalue weighted by Crippen LogP contribution is -2.29. The van der Waals surface area contributed by atoms with E-state index in [0.29, 0.717) is 11.8 Å². The van der Waals surface area contributed by atoms with E-state index in [4.69, 9.17) is 0 Å². The smallest absolute Gasteiger partial charge is 0.252 e. The lowest BCUT2D eigenvalue weighted by atomic mass is 9.84. The molecule has 2 aromatic rings. The maximum Gasteiger partial charge on any atom is 0.252 e. The first kappa shape index (κ1) is 13.5. The molecule has 1 amide bonds. The third-order valence-corrected chi connectivity index (χ3v) is 4.96. The summed E-state index contributed by atoms with van der Waals surface area (Å²) in [5.74, 6) is 1.04. The Hall–Kier alpha value is -2.13. The number of hydrogen-bond acceptors (Lipinski definition) is 2. The molecule has 1 N–H and O–H groups in total. The van der Waals surface area contributed by atoms with Gasteiger partial charge >= 0.3 is 0 Å². The van der Waals surface area contributed by atoms with Gasteiger partial charge in [-0.2, -0.15) is 0 Å². The van der Waals surface area contributed by atoms with Crippen molar-refractivity contribution in [2.24, 2.45) is 5.92 Å². The van der Waals surface area contributed by atoms with Crippen molar-refractivity contribution < 1.29 is 4.79 Å². The number of carbonyl (C=O) groups is 1. The van der Waals surface area contributed by atoms with Crippen LogP contribution in [0.5, 0.6) is 0 Å². The highest BCUT2D eigenvalue weighted by Gasteiger charge is 2.37. The van der Waals surface area contributed by atoms with Crippen molar-refractivity contribution in [1.82, 2.24) is 10.2 Å². The van der Waals surface area contributed by atoms with Crippen LogP contribution in [-0.2, 0) is 0 Å². The van der Waals surface area contributed by atoms with E-state index in [1.165, 1.54) is 5.56 Å². The van der Waals surface area contributed by atoms with Crippen LogP contribution in [0.15, 0.2) is 48.5 Å². The van der Waals surface area contributed by atoms with Gasteiger partial charge in [0, 0.05) is 25.6 Å². The molecule has 4 rings (SSSR count). The maximum absolute atomic E-state index is 12.7. The molecule has 0 radical (unpaired) electrons. The van der Waals surface area contributed by atoms with E-state index in [9.17, 15) is 4.79 Å². The molecule has 2 aliphatic rings. The summed E-state index contributed by atoms with van der Waals surface area (Å²) in [5.41, 5.74) is 4.24. The number of hydrogen-bond donors (Lipinski definition) is 1. The Morgan fingerprint density at radius 2 is 1.86 bits per heavy atom. The van der Waals surface area contributed by atoms with Crippen LogP contribution in [0.2, 0.25) is 0 Å². The molecule has 0 aromatic heterocycles. The van der Waals surface area contributed by atoms with Gasteiger partial charge in [0.1, 0.15) is 0 Å². The zero-order valence-electron chi connectivity index (χ0n) is 12.8. The number of carbonyl (C=O) groups excluding carboxylic acids is 1. The molecule has 2 heterocycles. The van der Waals surface area contributed by atoms with E-state index in [1.54, 1.807) is 0 Å². The minimum absolute atomic E-state index is 0.0755. The van der Waals surface area contributed by atoms with Crippen LogP contribution in [0, 0.1) is 5.92 Å². The predicted molar refractivity (Wildman–Crippen MR) is 87.9 cm³/mol. The van der Waals surface area contributed by atoms with Crippen molar-refractivity contribution in [2.75, 3.05) is 26.7 Å². The Balaban J connectivity index is 1.89. The zero-order chi connectivity index (χ0) is 15.1. The van der Waals surface area contributed by atoms with Gasteiger partial charge < -0.3 is 10.2 Å². The largest absolute Gasteiger partial charge is 0.352 e. The van der Waals surface area contributed by atoms with Gasteiger partial charge in [0.2, 0.25) is 0 Å². The summed E-state index contributed by atoms with van der Waals surface area (Å²) in [6.45, 7) is 2.86. The summed E-state index contributed by atoms with van der Waals surface area (Å²) >= 11 is 0. The van der Waals surface area contributed by atoms with Gasteiger partial charge in [0.15, 0.2) is 0 Å². The molecule has 112 valence electrons. The molecule has 22 heavy (non-hydrogen) atoms. The quantitative estimate of drug-likeness (QED) is 0.876. The summed E-state index contributed by atoms with van der Waals surface area (Å²) in [4.78, 5) is 15.1. The average molecular weight is 292 g/mol. The molecule has 2 aliphatic heterocycles. The molecule has 3 nitrogen and oxygen atoms in total. The van der Waals surface area contributed by atoms with E-state index in [1.807, 2.05) is 18.2 Å². The average Bonchev–Trinajstić information content (AvgIpc) is 2.87. The fraction of sp³-hybridized carbons (Fsp3) is 0.316. The van der Waals surface area contributed by atoms with E-state index >= 15 is 0 Å². The van der Waals surface area contributed by atoms with E-state index < -0.39 is 0 Å². The minimum atomic E-state index is 0.0755. The van der Waals surface area contributed by atoms with Gasteiger partial charge in [-0.05, 0) is 29.7 Å². The zero-order valence-corrected chi connectivity index (χ0v) is 12.8. The highest BCUT2D eigenvalue weighted by Crippen LogP contribution is 2.38.